The van der Waals surface area contributed by atoms with Crippen LogP contribution >= 0.6 is 0 Å². The number of esters is 1. The number of ether oxygens (including phenoxy) is 3. The van der Waals surface area contributed by atoms with Gasteiger partial charge in [-0.2, -0.15) is 4.72 Å². The van der Waals surface area contributed by atoms with Crippen molar-refractivity contribution in [1.29, 1.82) is 0 Å². The number of sulfonamides is 1. The third-order valence-corrected chi connectivity index (χ3v) is 6.99. The Morgan fingerprint density at radius 1 is 1.11 bits per heavy atom. The minimum atomic E-state index is -4.06. The summed E-state index contributed by atoms with van der Waals surface area (Å²) in [6.07, 6.45) is -0.712. The van der Waals surface area contributed by atoms with E-state index in [4.69, 9.17) is 14.2 Å². The zero-order chi connectivity index (χ0) is 26.6. The van der Waals surface area contributed by atoms with Crippen LogP contribution in [-0.2, 0) is 42.3 Å². The molecule has 4 rings (SSSR count). The molecule has 9 nitrogen and oxygen atoms in total. The molecule has 3 aromatic carbocycles. The van der Waals surface area contributed by atoms with Crippen LogP contribution in [-0.4, -0.2) is 26.3 Å². The number of rotatable bonds is 8. The van der Waals surface area contributed by atoms with Crippen LogP contribution in [0.5, 0.6) is 5.75 Å². The lowest BCUT2D eigenvalue weighted by atomic mass is 10.1. The summed E-state index contributed by atoms with van der Waals surface area (Å²) in [6, 6.07) is 15.9. The van der Waals surface area contributed by atoms with Gasteiger partial charge in [-0.05, 0) is 43.3 Å². The van der Waals surface area contributed by atoms with Crippen molar-refractivity contribution >= 4 is 27.6 Å². The number of carbonyl (C=O) groups excluding carboxylic acids is 2. The molecule has 0 fully saturated rings. The van der Waals surface area contributed by atoms with E-state index in [1.807, 2.05) is 30.3 Å². The van der Waals surface area contributed by atoms with Gasteiger partial charge in [0.1, 0.15) is 24.2 Å². The number of hydrogen-bond donors (Lipinski definition) is 2. The van der Waals surface area contributed by atoms with Crippen molar-refractivity contribution in [3.8, 4) is 5.75 Å². The smallest absolute Gasteiger partial charge is 0.324 e. The minimum absolute atomic E-state index is 0.0965. The number of fused-ring (bicyclic) bond motifs is 1. The highest BCUT2D eigenvalue weighted by Crippen LogP contribution is 2.36. The maximum Gasteiger partial charge on any atom is 0.324 e. The van der Waals surface area contributed by atoms with Gasteiger partial charge in [0.25, 0.3) is 0 Å². The molecule has 3 aromatic rings. The van der Waals surface area contributed by atoms with Crippen LogP contribution in [0.2, 0.25) is 0 Å². The molecule has 2 atom stereocenters. The van der Waals surface area contributed by atoms with E-state index in [1.165, 1.54) is 50.2 Å². The standard InChI is InChI=1S/C26H25FN2O7S/c1-16(29-37(32,33)23-10-8-22(9-11-23)28-17(2)30)25(31)34-14-19-12-21(27)13-20-15-35-26(36-24(19)20)18-6-4-3-5-7-18/h3-13,16,26,29H,14-15H2,1-2H3,(H,28,30)/t16-,26?/m0/s1. The lowest BCUT2D eigenvalue weighted by molar-refractivity contribution is -0.146. The zero-order valence-corrected chi connectivity index (χ0v) is 20.9. The van der Waals surface area contributed by atoms with E-state index in [-0.39, 0.29) is 29.6 Å². The summed E-state index contributed by atoms with van der Waals surface area (Å²) >= 11 is 0. The summed E-state index contributed by atoms with van der Waals surface area (Å²) in [5, 5.41) is 2.54. The molecule has 1 aliphatic heterocycles. The number of hydrogen-bond acceptors (Lipinski definition) is 7. The van der Waals surface area contributed by atoms with Crippen molar-refractivity contribution in [2.24, 2.45) is 0 Å². The fourth-order valence-corrected chi connectivity index (χ4v) is 4.89. The van der Waals surface area contributed by atoms with Gasteiger partial charge < -0.3 is 19.5 Å². The number of carbonyl (C=O) groups is 2. The van der Waals surface area contributed by atoms with E-state index in [2.05, 4.69) is 10.0 Å². The van der Waals surface area contributed by atoms with Crippen LogP contribution in [0.1, 0.15) is 36.8 Å². The van der Waals surface area contributed by atoms with Crippen molar-refractivity contribution < 1.29 is 36.6 Å². The highest BCUT2D eigenvalue weighted by Gasteiger charge is 2.27. The minimum Gasteiger partial charge on any atom is -0.460 e. The molecule has 1 unspecified atom stereocenters. The molecule has 1 aliphatic rings. The lowest BCUT2D eigenvalue weighted by Crippen LogP contribution is -2.39. The summed E-state index contributed by atoms with van der Waals surface area (Å²) in [6.45, 7) is 2.44. The molecular formula is C26H25FN2O7S. The van der Waals surface area contributed by atoms with E-state index < -0.39 is 34.1 Å². The van der Waals surface area contributed by atoms with E-state index in [1.54, 1.807) is 0 Å². The van der Waals surface area contributed by atoms with Crippen LogP contribution in [0.25, 0.3) is 0 Å². The second kappa shape index (κ2) is 11.1. The SMILES string of the molecule is CC(=O)Nc1ccc(S(=O)(=O)N[C@@H](C)C(=O)OCc2cc(F)cc3c2OC(c2ccccc2)OC3)cc1. The second-order valence-corrected chi connectivity index (χ2v) is 10.1. The van der Waals surface area contributed by atoms with Crippen LogP contribution in [0.3, 0.4) is 0 Å². The lowest BCUT2D eigenvalue weighted by Gasteiger charge is -2.28. The Morgan fingerprint density at radius 2 is 1.81 bits per heavy atom. The topological polar surface area (TPSA) is 120 Å². The first kappa shape index (κ1) is 26.3. The average Bonchev–Trinajstić information content (AvgIpc) is 2.87. The summed E-state index contributed by atoms with van der Waals surface area (Å²) in [5.41, 5.74) is 1.96. The number of halogens is 1. The van der Waals surface area contributed by atoms with Gasteiger partial charge in [-0.25, -0.2) is 12.8 Å². The molecule has 0 bridgehead atoms. The summed E-state index contributed by atoms with van der Waals surface area (Å²) in [5.74, 6) is -1.35. The first-order valence-corrected chi connectivity index (χ1v) is 12.8. The molecule has 0 radical (unpaired) electrons. The number of amides is 1. The first-order valence-electron chi connectivity index (χ1n) is 11.3. The number of nitrogens with one attached hydrogen (secondary N) is 2. The van der Waals surface area contributed by atoms with Gasteiger partial charge in [-0.3, -0.25) is 9.59 Å². The van der Waals surface area contributed by atoms with E-state index in [9.17, 15) is 22.4 Å². The van der Waals surface area contributed by atoms with Gasteiger partial charge >= 0.3 is 5.97 Å². The molecule has 0 saturated heterocycles. The molecule has 11 heteroatoms. The van der Waals surface area contributed by atoms with E-state index in [0.29, 0.717) is 17.0 Å². The third-order valence-electron chi connectivity index (χ3n) is 5.43. The van der Waals surface area contributed by atoms with Crippen molar-refractivity contribution in [1.82, 2.24) is 4.72 Å². The molecule has 0 aliphatic carbocycles. The summed E-state index contributed by atoms with van der Waals surface area (Å²) < 4.78 is 58.7. The molecule has 1 amide bonds. The molecule has 0 spiro atoms. The fraction of sp³-hybridized carbons (Fsp3) is 0.231. The Bertz CT molecular complexity index is 1400. The fourth-order valence-electron chi connectivity index (χ4n) is 3.70. The average molecular weight is 529 g/mol. The monoisotopic (exact) mass is 528 g/mol. The predicted octanol–water partition coefficient (Wildman–Crippen LogP) is 3.80. The van der Waals surface area contributed by atoms with Crippen LogP contribution in [0.4, 0.5) is 10.1 Å². The van der Waals surface area contributed by atoms with E-state index >= 15 is 0 Å². The molecule has 1 heterocycles. The van der Waals surface area contributed by atoms with Crippen LogP contribution in [0, 0.1) is 5.82 Å². The molecular weight excluding hydrogens is 503 g/mol. The van der Waals surface area contributed by atoms with Crippen molar-refractivity contribution in [3.63, 3.8) is 0 Å². The van der Waals surface area contributed by atoms with E-state index in [0.717, 1.165) is 5.56 Å². The summed E-state index contributed by atoms with van der Waals surface area (Å²) in [4.78, 5) is 23.6. The van der Waals surface area contributed by atoms with Crippen LogP contribution in [0.15, 0.2) is 71.6 Å². The second-order valence-electron chi connectivity index (χ2n) is 8.38. The number of benzene rings is 3. The Kier molecular flexibility index (Phi) is 7.86. The summed E-state index contributed by atoms with van der Waals surface area (Å²) in [7, 11) is -4.06. The highest BCUT2D eigenvalue weighted by molar-refractivity contribution is 7.89. The van der Waals surface area contributed by atoms with Gasteiger partial charge in [-0.1, -0.05) is 30.3 Å². The molecule has 2 N–H and O–H groups in total. The Hall–Kier alpha value is -3.80. The Morgan fingerprint density at radius 3 is 2.49 bits per heavy atom. The Balaban J connectivity index is 1.41. The molecule has 37 heavy (non-hydrogen) atoms. The molecule has 0 saturated carbocycles. The maximum atomic E-state index is 14.2. The van der Waals surface area contributed by atoms with Gasteiger partial charge in [-0.15, -0.1) is 0 Å². The maximum absolute atomic E-state index is 14.2. The molecule has 194 valence electrons. The predicted molar refractivity (Wildman–Crippen MR) is 131 cm³/mol. The van der Waals surface area contributed by atoms with Gasteiger partial charge in [0, 0.05) is 29.3 Å². The van der Waals surface area contributed by atoms with Gasteiger partial charge in [0.15, 0.2) is 0 Å². The zero-order valence-electron chi connectivity index (χ0n) is 20.1. The normalized spacial score (nSPS) is 15.7. The van der Waals surface area contributed by atoms with Crippen LogP contribution < -0.4 is 14.8 Å². The highest BCUT2D eigenvalue weighted by atomic mass is 32.2. The first-order chi connectivity index (χ1) is 17.6. The molecule has 0 aromatic heterocycles. The largest absolute Gasteiger partial charge is 0.460 e. The van der Waals surface area contributed by atoms with Crippen molar-refractivity contribution in [2.75, 3.05) is 5.32 Å². The Labute approximate surface area is 213 Å². The van der Waals surface area contributed by atoms with Gasteiger partial charge in [0.2, 0.25) is 22.2 Å². The quantitative estimate of drug-likeness (QED) is 0.427. The third kappa shape index (κ3) is 6.50. The van der Waals surface area contributed by atoms with Gasteiger partial charge in [0.05, 0.1) is 11.5 Å². The van der Waals surface area contributed by atoms with Crippen molar-refractivity contribution in [3.05, 3.63) is 89.2 Å². The number of anilines is 1. The van der Waals surface area contributed by atoms with Crippen molar-refractivity contribution in [2.45, 2.75) is 44.3 Å².